The molecule has 0 amide bonds. The first-order chi connectivity index (χ1) is 21.6. The van der Waals surface area contributed by atoms with Gasteiger partial charge in [-0.05, 0) is 24.6 Å². The highest BCUT2D eigenvalue weighted by Gasteiger charge is 2.77. The molecule has 1 aromatic rings. The van der Waals surface area contributed by atoms with E-state index in [4.69, 9.17) is 33.2 Å². The molecule has 1 saturated carbocycles. The molecule has 6 rings (SSSR count). The van der Waals surface area contributed by atoms with E-state index in [9.17, 15) is 40.5 Å². The lowest BCUT2D eigenvalue weighted by Crippen LogP contribution is -2.60. The first-order valence-electron chi connectivity index (χ1n) is 14.8. The number of hydrogen-bond acceptors (Lipinski definition) is 15. The Bertz CT molecular complexity index is 1240. The van der Waals surface area contributed by atoms with Gasteiger partial charge in [0.2, 0.25) is 6.29 Å². The highest BCUT2D eigenvalue weighted by atomic mass is 16.8. The summed E-state index contributed by atoms with van der Waals surface area (Å²) in [5.74, 6) is -2.00. The van der Waals surface area contributed by atoms with Gasteiger partial charge < -0.3 is 68.9 Å². The molecular weight excluding hydrogens is 600 g/mol. The van der Waals surface area contributed by atoms with Crippen molar-refractivity contribution < 1.29 is 73.7 Å². The molecule has 15 nitrogen and oxygen atoms in total. The number of epoxide rings is 1. The number of rotatable bonds is 9. The zero-order valence-corrected chi connectivity index (χ0v) is 24.2. The van der Waals surface area contributed by atoms with Gasteiger partial charge in [0.25, 0.3) is 0 Å². The van der Waals surface area contributed by atoms with Gasteiger partial charge in [0, 0.05) is 12.0 Å². The number of ether oxygens (including phenoxy) is 7. The van der Waals surface area contributed by atoms with Crippen molar-refractivity contribution in [2.45, 2.75) is 92.4 Å². The molecule has 1 aromatic carbocycles. The van der Waals surface area contributed by atoms with E-state index >= 15 is 0 Å². The van der Waals surface area contributed by atoms with Crippen LogP contribution in [0.2, 0.25) is 0 Å². The Kier molecular flexibility index (Phi) is 9.33. The number of fused-ring (bicyclic) bond motifs is 3. The summed E-state index contributed by atoms with van der Waals surface area (Å²) in [4.78, 5) is 12.7. The number of benzene rings is 1. The van der Waals surface area contributed by atoms with Crippen molar-refractivity contribution in [2.75, 3.05) is 13.2 Å². The van der Waals surface area contributed by atoms with E-state index in [1.807, 2.05) is 30.3 Å². The third-order valence-electron chi connectivity index (χ3n) is 9.10. The maximum absolute atomic E-state index is 12.7. The standard InChI is InChI=1S/C30H38O15/c1-13-19(33)21(35)23(37)28(41-13)43-25-15-9-10-39-27(44-29-24(38)22(36)20(34)16(11-31)42-29)18(15)30(26(25)45-30)12-40-17(32)8-7-14-5-3-2-4-6-14/h2-10,13,15-16,18-29,31,33-38H,11-12H2,1H3/b8-7+/t13?,15?,16?,18?,19?,20?,21?,22?,23?,24?,25-,26+,27-,28?,29?,30?/m0/s1. The third-order valence-corrected chi connectivity index (χ3v) is 9.10. The van der Waals surface area contributed by atoms with E-state index in [2.05, 4.69) is 0 Å². The Labute approximate surface area is 257 Å². The fourth-order valence-electron chi connectivity index (χ4n) is 6.53. The number of esters is 1. The van der Waals surface area contributed by atoms with Crippen LogP contribution in [0.1, 0.15) is 12.5 Å². The van der Waals surface area contributed by atoms with Gasteiger partial charge in [-0.15, -0.1) is 0 Å². The maximum Gasteiger partial charge on any atom is 0.330 e. The van der Waals surface area contributed by atoms with Gasteiger partial charge in [-0.1, -0.05) is 30.3 Å². The minimum atomic E-state index is -1.71. The topological polar surface area (TPSA) is 227 Å². The molecule has 0 bridgehead atoms. The molecule has 4 heterocycles. The Morgan fingerprint density at radius 1 is 0.889 bits per heavy atom. The second-order valence-electron chi connectivity index (χ2n) is 11.9. The number of aliphatic hydroxyl groups is 7. The first kappa shape index (κ1) is 32.4. The second-order valence-corrected chi connectivity index (χ2v) is 11.9. The second kappa shape index (κ2) is 12.9. The van der Waals surface area contributed by atoms with Gasteiger partial charge in [0.15, 0.2) is 12.6 Å². The lowest BCUT2D eigenvalue weighted by molar-refractivity contribution is -0.347. The van der Waals surface area contributed by atoms with Crippen molar-refractivity contribution in [3.8, 4) is 0 Å². The SMILES string of the molecule is CC1OC(O[C@H]2C3C=CO[C@@H](OC4OC(CO)C(O)C(O)C4O)C3C3(COC(=O)/C=C/c4ccccc4)O[C@H]23)C(O)C(O)C1O. The predicted molar refractivity (Wildman–Crippen MR) is 147 cm³/mol. The fourth-order valence-corrected chi connectivity index (χ4v) is 6.53. The lowest BCUT2D eigenvalue weighted by atomic mass is 9.85. The number of hydrogen-bond donors (Lipinski definition) is 7. The highest BCUT2D eigenvalue weighted by molar-refractivity contribution is 5.87. The Morgan fingerprint density at radius 3 is 2.29 bits per heavy atom. The van der Waals surface area contributed by atoms with Crippen LogP contribution in [0.3, 0.4) is 0 Å². The monoisotopic (exact) mass is 638 g/mol. The summed E-state index contributed by atoms with van der Waals surface area (Å²) in [5.41, 5.74) is -0.452. The molecule has 0 aromatic heterocycles. The molecule has 0 spiro atoms. The summed E-state index contributed by atoms with van der Waals surface area (Å²) in [7, 11) is 0. The van der Waals surface area contributed by atoms with Crippen LogP contribution in [-0.2, 0) is 38.0 Å². The summed E-state index contributed by atoms with van der Waals surface area (Å²) in [6.07, 6.45) is -11.4. The molecule has 15 heteroatoms. The van der Waals surface area contributed by atoms with Crippen molar-refractivity contribution in [3.05, 3.63) is 54.3 Å². The molecule has 45 heavy (non-hydrogen) atoms. The van der Waals surface area contributed by atoms with Gasteiger partial charge in [0.1, 0.15) is 61.0 Å². The molecule has 4 aliphatic heterocycles. The molecule has 16 atom stereocenters. The molecule has 0 radical (unpaired) electrons. The fraction of sp³-hybridized carbons (Fsp3) is 0.633. The summed E-state index contributed by atoms with van der Waals surface area (Å²) in [6.45, 7) is 0.587. The van der Waals surface area contributed by atoms with Gasteiger partial charge in [-0.3, -0.25) is 0 Å². The summed E-state index contributed by atoms with van der Waals surface area (Å²) >= 11 is 0. The van der Waals surface area contributed by atoms with Crippen LogP contribution in [0.4, 0.5) is 0 Å². The van der Waals surface area contributed by atoms with Crippen molar-refractivity contribution >= 4 is 12.0 Å². The van der Waals surface area contributed by atoms with E-state index in [1.165, 1.54) is 19.3 Å². The Balaban J connectivity index is 1.23. The van der Waals surface area contributed by atoms with Crippen LogP contribution in [0.5, 0.6) is 0 Å². The number of carbonyl (C=O) groups excluding carboxylic acids is 1. The van der Waals surface area contributed by atoms with Gasteiger partial charge >= 0.3 is 5.97 Å². The van der Waals surface area contributed by atoms with E-state index in [0.29, 0.717) is 0 Å². The summed E-state index contributed by atoms with van der Waals surface area (Å²) < 4.78 is 40.8. The van der Waals surface area contributed by atoms with Crippen LogP contribution >= 0.6 is 0 Å². The van der Waals surface area contributed by atoms with Gasteiger partial charge in [0.05, 0.1) is 31.0 Å². The Morgan fingerprint density at radius 2 is 1.58 bits per heavy atom. The third kappa shape index (κ3) is 6.04. The van der Waals surface area contributed by atoms with Crippen molar-refractivity contribution in [1.29, 1.82) is 0 Å². The lowest BCUT2D eigenvalue weighted by Gasteiger charge is -2.44. The zero-order valence-electron chi connectivity index (χ0n) is 24.2. The van der Waals surface area contributed by atoms with Crippen molar-refractivity contribution in [1.82, 2.24) is 0 Å². The highest BCUT2D eigenvalue weighted by Crippen LogP contribution is 2.61. The van der Waals surface area contributed by atoms with Crippen LogP contribution < -0.4 is 0 Å². The van der Waals surface area contributed by atoms with E-state index in [-0.39, 0.29) is 6.61 Å². The first-order valence-corrected chi connectivity index (χ1v) is 14.8. The maximum atomic E-state index is 12.7. The molecule has 13 unspecified atom stereocenters. The number of aliphatic hydroxyl groups excluding tert-OH is 7. The van der Waals surface area contributed by atoms with Crippen LogP contribution in [-0.4, -0.2) is 140 Å². The molecule has 1 aliphatic carbocycles. The molecular formula is C30H38O15. The average molecular weight is 639 g/mol. The number of carbonyl (C=O) groups is 1. The van der Waals surface area contributed by atoms with Crippen LogP contribution in [0, 0.1) is 11.8 Å². The largest absolute Gasteiger partial charge is 0.472 e. The molecule has 3 saturated heterocycles. The van der Waals surface area contributed by atoms with Crippen molar-refractivity contribution in [3.63, 3.8) is 0 Å². The molecule has 7 N–H and O–H groups in total. The van der Waals surface area contributed by atoms with E-state index in [1.54, 1.807) is 12.2 Å². The van der Waals surface area contributed by atoms with Crippen molar-refractivity contribution in [2.24, 2.45) is 11.8 Å². The smallest absolute Gasteiger partial charge is 0.330 e. The molecule has 5 aliphatic rings. The molecule has 4 fully saturated rings. The van der Waals surface area contributed by atoms with Gasteiger partial charge in [-0.2, -0.15) is 0 Å². The van der Waals surface area contributed by atoms with E-state index < -0.39 is 110 Å². The van der Waals surface area contributed by atoms with Crippen LogP contribution in [0.25, 0.3) is 6.08 Å². The summed E-state index contributed by atoms with van der Waals surface area (Å²) in [6, 6.07) is 9.13. The van der Waals surface area contributed by atoms with E-state index in [0.717, 1.165) is 5.56 Å². The Hall–Kier alpha value is -2.51. The zero-order chi connectivity index (χ0) is 32.0. The predicted octanol–water partition coefficient (Wildman–Crippen LogP) is -2.47. The molecule has 248 valence electrons. The minimum absolute atomic E-state index is 0.270. The normalized spacial score (nSPS) is 47.2. The minimum Gasteiger partial charge on any atom is -0.472 e. The average Bonchev–Trinajstić information content (AvgIpc) is 3.71. The summed E-state index contributed by atoms with van der Waals surface area (Å²) in [5, 5.41) is 71.7. The van der Waals surface area contributed by atoms with Crippen LogP contribution in [0.15, 0.2) is 48.7 Å². The van der Waals surface area contributed by atoms with Gasteiger partial charge in [-0.25, -0.2) is 4.79 Å². The quantitative estimate of drug-likeness (QED) is 0.0845.